The normalized spacial score (nSPS) is 17.2. The van der Waals surface area contributed by atoms with Gasteiger partial charge < -0.3 is 14.8 Å². The third-order valence-electron chi connectivity index (χ3n) is 6.20. The van der Waals surface area contributed by atoms with Crippen LogP contribution in [0.2, 0.25) is 0 Å². The van der Waals surface area contributed by atoms with Crippen molar-refractivity contribution in [3.05, 3.63) is 89.7 Å². The van der Waals surface area contributed by atoms with Crippen molar-refractivity contribution in [2.75, 3.05) is 27.3 Å². The Hall–Kier alpha value is -3.38. The quantitative estimate of drug-likeness (QED) is 0.554. The molecule has 1 aromatic heterocycles. The van der Waals surface area contributed by atoms with Crippen molar-refractivity contribution < 1.29 is 14.3 Å². The molecule has 1 aliphatic heterocycles. The highest BCUT2D eigenvalue weighted by atomic mass is 16.5. The number of likely N-dealkylation sites (tertiary alicyclic amines) is 1. The van der Waals surface area contributed by atoms with Gasteiger partial charge in [-0.2, -0.15) is 0 Å². The zero-order valence-electron chi connectivity index (χ0n) is 19.2. The van der Waals surface area contributed by atoms with E-state index in [0.29, 0.717) is 11.3 Å². The minimum absolute atomic E-state index is 0.145. The van der Waals surface area contributed by atoms with Gasteiger partial charge in [-0.05, 0) is 67.3 Å². The Balaban J connectivity index is 1.53. The zero-order chi connectivity index (χ0) is 23.0. The molecule has 0 bridgehead atoms. The highest BCUT2D eigenvalue weighted by Crippen LogP contribution is 2.31. The average molecular weight is 446 g/mol. The predicted molar refractivity (Wildman–Crippen MR) is 128 cm³/mol. The molecule has 172 valence electrons. The molecule has 1 fully saturated rings. The summed E-state index contributed by atoms with van der Waals surface area (Å²) in [5, 5.41) is 3.27. The molecule has 1 aliphatic rings. The summed E-state index contributed by atoms with van der Waals surface area (Å²) in [6.45, 7) is 2.76. The number of hydrogen-bond donors (Lipinski definition) is 1. The number of methoxy groups -OCH3 is 2. The van der Waals surface area contributed by atoms with Crippen LogP contribution >= 0.6 is 0 Å². The largest absolute Gasteiger partial charge is 0.497 e. The number of ether oxygens (including phenoxy) is 2. The second-order valence-electron chi connectivity index (χ2n) is 8.39. The number of hydrogen-bond acceptors (Lipinski definition) is 5. The van der Waals surface area contributed by atoms with Gasteiger partial charge in [0.15, 0.2) is 0 Å². The number of amides is 1. The maximum absolute atomic E-state index is 13.2. The van der Waals surface area contributed by atoms with Crippen LogP contribution in [-0.4, -0.2) is 43.1 Å². The lowest BCUT2D eigenvalue weighted by atomic mass is 9.88. The number of benzene rings is 2. The van der Waals surface area contributed by atoms with E-state index >= 15 is 0 Å². The smallest absolute Gasteiger partial charge is 0.255 e. The molecule has 1 N–H and O–H groups in total. The number of pyridine rings is 1. The Morgan fingerprint density at radius 3 is 2.73 bits per heavy atom. The van der Waals surface area contributed by atoms with Gasteiger partial charge in [0.25, 0.3) is 5.91 Å². The minimum atomic E-state index is -0.184. The average Bonchev–Trinajstić information content (AvgIpc) is 2.88. The number of para-hydroxylation sites is 1. The second-order valence-corrected chi connectivity index (χ2v) is 8.39. The zero-order valence-corrected chi connectivity index (χ0v) is 19.2. The fourth-order valence-electron chi connectivity index (χ4n) is 4.58. The molecule has 0 saturated carbocycles. The second kappa shape index (κ2) is 11.0. The molecule has 2 aromatic carbocycles. The van der Waals surface area contributed by atoms with Crippen LogP contribution in [0.4, 0.5) is 0 Å². The van der Waals surface area contributed by atoms with Gasteiger partial charge in [0.1, 0.15) is 11.5 Å². The van der Waals surface area contributed by atoms with E-state index in [2.05, 4.69) is 27.3 Å². The molecule has 1 amide bonds. The first-order valence-corrected chi connectivity index (χ1v) is 11.4. The van der Waals surface area contributed by atoms with Crippen molar-refractivity contribution in [3.63, 3.8) is 0 Å². The monoisotopic (exact) mass is 445 g/mol. The van der Waals surface area contributed by atoms with Gasteiger partial charge in [-0.3, -0.25) is 14.7 Å². The van der Waals surface area contributed by atoms with E-state index in [-0.39, 0.29) is 17.9 Å². The van der Waals surface area contributed by atoms with E-state index in [1.165, 1.54) is 5.56 Å². The summed E-state index contributed by atoms with van der Waals surface area (Å²) < 4.78 is 10.8. The molecule has 3 aromatic rings. The van der Waals surface area contributed by atoms with Crippen molar-refractivity contribution in [1.29, 1.82) is 0 Å². The van der Waals surface area contributed by atoms with E-state index in [1.807, 2.05) is 42.5 Å². The molecule has 2 atom stereocenters. The minimum Gasteiger partial charge on any atom is -0.497 e. The number of nitrogens with one attached hydrogen (secondary N) is 1. The Kier molecular flexibility index (Phi) is 7.58. The van der Waals surface area contributed by atoms with E-state index in [9.17, 15) is 4.79 Å². The highest BCUT2D eigenvalue weighted by molar-refractivity contribution is 5.97. The lowest BCUT2D eigenvalue weighted by Crippen LogP contribution is -2.43. The van der Waals surface area contributed by atoms with Gasteiger partial charge in [0.05, 0.1) is 31.5 Å². The molecule has 33 heavy (non-hydrogen) atoms. The van der Waals surface area contributed by atoms with Gasteiger partial charge in [0.2, 0.25) is 0 Å². The maximum atomic E-state index is 13.2. The number of aromatic nitrogens is 1. The summed E-state index contributed by atoms with van der Waals surface area (Å²) in [5.74, 6) is 1.54. The molecule has 1 saturated heterocycles. The molecule has 4 rings (SSSR count). The standard InChI is InChI=1S/C27H31N3O3/c1-32-22-11-7-9-20(17-22)18-30-16-8-10-21(19-30)26(24-13-5-6-15-28-24)29-27(31)23-12-3-4-14-25(23)33-2/h3-7,9,11-15,17,21,26H,8,10,16,18-19H2,1-2H3,(H,29,31)/t21-,26+/m1/s1. The number of nitrogens with zero attached hydrogens (tertiary/aromatic N) is 2. The van der Waals surface area contributed by atoms with Gasteiger partial charge in [0, 0.05) is 19.3 Å². The van der Waals surface area contributed by atoms with Crippen molar-refractivity contribution in [2.45, 2.75) is 25.4 Å². The summed E-state index contributed by atoms with van der Waals surface area (Å²) in [4.78, 5) is 20.3. The molecular weight excluding hydrogens is 414 g/mol. The third-order valence-corrected chi connectivity index (χ3v) is 6.20. The van der Waals surface area contributed by atoms with Crippen LogP contribution in [0.25, 0.3) is 0 Å². The molecule has 0 radical (unpaired) electrons. The Morgan fingerprint density at radius 1 is 1.09 bits per heavy atom. The van der Waals surface area contributed by atoms with Crippen molar-refractivity contribution in [1.82, 2.24) is 15.2 Å². The van der Waals surface area contributed by atoms with E-state index in [0.717, 1.165) is 43.9 Å². The number of rotatable bonds is 8. The van der Waals surface area contributed by atoms with Crippen molar-refractivity contribution in [2.24, 2.45) is 5.92 Å². The van der Waals surface area contributed by atoms with Gasteiger partial charge in [-0.1, -0.05) is 30.3 Å². The molecule has 2 heterocycles. The molecule has 0 aliphatic carbocycles. The third kappa shape index (κ3) is 5.71. The number of carbonyl (C=O) groups is 1. The van der Waals surface area contributed by atoms with Crippen LogP contribution in [-0.2, 0) is 6.54 Å². The molecular formula is C27H31N3O3. The maximum Gasteiger partial charge on any atom is 0.255 e. The SMILES string of the molecule is COc1cccc(CN2CCC[C@@H]([C@H](NC(=O)c3ccccc3OC)c3ccccn3)C2)c1. The number of piperidine rings is 1. The highest BCUT2D eigenvalue weighted by Gasteiger charge is 2.31. The first-order chi connectivity index (χ1) is 16.2. The number of carbonyl (C=O) groups excluding carboxylic acids is 1. The van der Waals surface area contributed by atoms with E-state index < -0.39 is 0 Å². The summed E-state index contributed by atoms with van der Waals surface area (Å²) >= 11 is 0. The summed E-state index contributed by atoms with van der Waals surface area (Å²) in [6, 6.07) is 21.2. The Labute approximate surface area is 195 Å². The first-order valence-electron chi connectivity index (χ1n) is 11.4. The lowest BCUT2D eigenvalue weighted by molar-refractivity contribution is 0.0872. The molecule has 6 heteroatoms. The molecule has 0 spiro atoms. The Morgan fingerprint density at radius 2 is 1.94 bits per heavy atom. The van der Waals surface area contributed by atoms with Crippen LogP contribution in [0.1, 0.15) is 40.5 Å². The van der Waals surface area contributed by atoms with E-state index in [1.54, 1.807) is 32.5 Å². The van der Waals surface area contributed by atoms with Gasteiger partial charge in [-0.15, -0.1) is 0 Å². The summed E-state index contributed by atoms with van der Waals surface area (Å²) in [6.07, 6.45) is 3.89. The van der Waals surface area contributed by atoms with Crippen LogP contribution in [0.5, 0.6) is 11.5 Å². The summed E-state index contributed by atoms with van der Waals surface area (Å²) in [5.41, 5.74) is 2.64. The van der Waals surface area contributed by atoms with Crippen LogP contribution in [0.3, 0.4) is 0 Å². The van der Waals surface area contributed by atoms with Gasteiger partial charge >= 0.3 is 0 Å². The predicted octanol–water partition coefficient (Wildman–Crippen LogP) is 4.48. The molecule has 6 nitrogen and oxygen atoms in total. The fraction of sp³-hybridized carbons (Fsp3) is 0.333. The van der Waals surface area contributed by atoms with Crippen LogP contribution in [0.15, 0.2) is 72.9 Å². The van der Waals surface area contributed by atoms with Crippen LogP contribution in [0, 0.1) is 5.92 Å². The van der Waals surface area contributed by atoms with Gasteiger partial charge in [-0.25, -0.2) is 0 Å². The molecule has 0 unspecified atom stereocenters. The lowest BCUT2D eigenvalue weighted by Gasteiger charge is -2.37. The first kappa shape index (κ1) is 22.8. The topological polar surface area (TPSA) is 63.7 Å². The summed E-state index contributed by atoms with van der Waals surface area (Å²) in [7, 11) is 3.28. The van der Waals surface area contributed by atoms with Crippen molar-refractivity contribution >= 4 is 5.91 Å². The Bertz CT molecular complexity index is 1060. The van der Waals surface area contributed by atoms with E-state index in [4.69, 9.17) is 9.47 Å². The fourth-order valence-corrected chi connectivity index (χ4v) is 4.58. The van der Waals surface area contributed by atoms with Crippen LogP contribution < -0.4 is 14.8 Å². The van der Waals surface area contributed by atoms with Crippen molar-refractivity contribution in [3.8, 4) is 11.5 Å².